The molecule has 0 bridgehead atoms. The minimum absolute atomic E-state index is 0.297. The van der Waals surface area contributed by atoms with Gasteiger partial charge in [-0.3, -0.25) is 0 Å². The van der Waals surface area contributed by atoms with Gasteiger partial charge in [-0.05, 0) is 30.7 Å². The van der Waals surface area contributed by atoms with Crippen LogP contribution in [0, 0.1) is 5.82 Å². The Kier molecular flexibility index (Phi) is 8.08. The number of esters is 2. The molecule has 0 fully saturated rings. The molecule has 0 atom stereocenters. The predicted octanol–water partition coefficient (Wildman–Crippen LogP) is 6.74. The van der Waals surface area contributed by atoms with Gasteiger partial charge in [-0.1, -0.05) is 86.0 Å². The predicted molar refractivity (Wildman–Crippen MR) is 133 cm³/mol. The number of hydrogen-bond acceptors (Lipinski definition) is 4. The van der Waals surface area contributed by atoms with E-state index >= 15 is 0 Å². The maximum atomic E-state index is 14.7. The summed E-state index contributed by atoms with van der Waals surface area (Å²) in [4.78, 5) is 23.4. The maximum Gasteiger partial charge on any atom is 0.338 e. The monoisotopic (exact) mass is 454 g/mol. The highest BCUT2D eigenvalue weighted by Gasteiger charge is 2.08. The molecule has 0 amide bonds. The van der Waals surface area contributed by atoms with Crippen molar-refractivity contribution >= 4 is 36.2 Å². The molecule has 3 aromatic carbocycles. The maximum absolute atomic E-state index is 14.7. The summed E-state index contributed by atoms with van der Waals surface area (Å²) in [5.41, 5.74) is 2.61. The van der Waals surface area contributed by atoms with Crippen molar-refractivity contribution in [2.45, 2.75) is 6.92 Å². The zero-order chi connectivity index (χ0) is 24.5. The van der Waals surface area contributed by atoms with Crippen molar-refractivity contribution in [3.63, 3.8) is 0 Å². The number of rotatable bonds is 8. The summed E-state index contributed by atoms with van der Waals surface area (Å²) in [6, 6.07) is 18.8. The van der Waals surface area contributed by atoms with Gasteiger partial charge in [0.05, 0.1) is 0 Å². The van der Waals surface area contributed by atoms with Crippen molar-refractivity contribution in [2.75, 3.05) is 0 Å². The third-order valence-corrected chi connectivity index (χ3v) is 4.69. The van der Waals surface area contributed by atoms with E-state index in [4.69, 9.17) is 9.47 Å². The summed E-state index contributed by atoms with van der Waals surface area (Å²) in [6.07, 6.45) is 7.83. The van der Waals surface area contributed by atoms with E-state index in [0.717, 1.165) is 6.08 Å². The molecular formula is C29H23FO4. The van der Waals surface area contributed by atoms with E-state index in [9.17, 15) is 14.0 Å². The fourth-order valence-electron chi connectivity index (χ4n) is 2.91. The molecule has 4 nitrogen and oxygen atoms in total. The van der Waals surface area contributed by atoms with Crippen LogP contribution in [0.1, 0.15) is 29.2 Å². The Morgan fingerprint density at radius 3 is 1.94 bits per heavy atom. The summed E-state index contributed by atoms with van der Waals surface area (Å²) in [5.74, 6) is -0.749. The smallest absolute Gasteiger partial charge is 0.338 e. The van der Waals surface area contributed by atoms with E-state index in [2.05, 4.69) is 13.2 Å². The number of hydrogen-bond donors (Lipinski definition) is 0. The summed E-state index contributed by atoms with van der Waals surface area (Å²) >= 11 is 0. The lowest BCUT2D eigenvalue weighted by Crippen LogP contribution is -2.08. The van der Waals surface area contributed by atoms with Crippen molar-refractivity contribution in [1.29, 1.82) is 0 Å². The molecule has 0 saturated carbocycles. The van der Waals surface area contributed by atoms with Crippen LogP contribution in [-0.4, -0.2) is 11.9 Å². The summed E-state index contributed by atoms with van der Waals surface area (Å²) < 4.78 is 25.3. The number of ether oxygens (including phenoxy) is 2. The largest absolute Gasteiger partial charge is 0.423 e. The second kappa shape index (κ2) is 11.4. The van der Waals surface area contributed by atoms with E-state index in [1.54, 1.807) is 85.8 Å². The molecule has 0 aliphatic carbocycles. The van der Waals surface area contributed by atoms with Crippen LogP contribution in [0.2, 0.25) is 0 Å². The van der Waals surface area contributed by atoms with Crippen LogP contribution in [0.4, 0.5) is 4.39 Å². The van der Waals surface area contributed by atoms with Gasteiger partial charge in [0.1, 0.15) is 17.3 Å². The first-order valence-corrected chi connectivity index (χ1v) is 10.4. The Morgan fingerprint density at radius 2 is 1.35 bits per heavy atom. The molecule has 0 heterocycles. The molecule has 0 radical (unpaired) electrons. The van der Waals surface area contributed by atoms with Crippen molar-refractivity contribution in [2.24, 2.45) is 0 Å². The molecule has 5 heteroatoms. The second-order valence-corrected chi connectivity index (χ2v) is 7.32. The highest BCUT2D eigenvalue weighted by molar-refractivity contribution is 5.89. The lowest BCUT2D eigenvalue weighted by atomic mass is 10.1. The highest BCUT2D eigenvalue weighted by atomic mass is 19.1. The number of benzene rings is 3. The Labute approximate surface area is 198 Å². The molecule has 0 saturated heterocycles. The van der Waals surface area contributed by atoms with Crippen molar-refractivity contribution in [3.8, 4) is 11.5 Å². The van der Waals surface area contributed by atoms with Gasteiger partial charge in [-0.2, -0.15) is 0 Å². The summed E-state index contributed by atoms with van der Waals surface area (Å²) in [7, 11) is 0. The molecule has 0 aromatic heterocycles. The van der Waals surface area contributed by atoms with Gasteiger partial charge in [-0.15, -0.1) is 0 Å². The molecule has 34 heavy (non-hydrogen) atoms. The first-order chi connectivity index (χ1) is 16.4. The Balaban J connectivity index is 1.78. The third kappa shape index (κ3) is 6.50. The van der Waals surface area contributed by atoms with Gasteiger partial charge in [0.15, 0.2) is 0 Å². The van der Waals surface area contributed by atoms with Crippen LogP contribution >= 0.6 is 0 Å². The van der Waals surface area contributed by atoms with Crippen molar-refractivity contribution < 1.29 is 23.5 Å². The van der Waals surface area contributed by atoms with E-state index in [1.807, 2.05) is 6.07 Å². The average molecular weight is 454 g/mol. The molecule has 0 N–H and O–H groups in total. The van der Waals surface area contributed by atoms with Crippen LogP contribution in [0.5, 0.6) is 11.5 Å². The standard InChI is InChI=1S/C29H23FO4/c1-4-28(31)33-26-11-7-5-10-24(26)18-17-22-15-13-21(19-25(22)30)14-16-23-9-6-8-12-27(23)34-29(32)20(2)3/h4-19H,1-2H2,3H3/b16-14+,18-17+. The Hall–Kier alpha value is -4.51. The van der Waals surface area contributed by atoms with Crippen molar-refractivity contribution in [3.05, 3.63) is 120 Å². The second-order valence-electron chi connectivity index (χ2n) is 7.32. The lowest BCUT2D eigenvalue weighted by molar-refractivity contribution is -0.130. The number of para-hydroxylation sites is 2. The third-order valence-electron chi connectivity index (χ3n) is 4.69. The fourth-order valence-corrected chi connectivity index (χ4v) is 2.91. The molecule has 0 unspecified atom stereocenters. The molecule has 3 aromatic rings. The average Bonchev–Trinajstić information content (AvgIpc) is 2.83. The van der Waals surface area contributed by atoms with Gasteiger partial charge in [0, 0.05) is 28.3 Å². The molecule has 170 valence electrons. The number of carbonyl (C=O) groups excluding carboxylic acids is 2. The summed E-state index contributed by atoms with van der Waals surface area (Å²) in [6.45, 7) is 8.54. The molecule has 0 aliphatic rings. The van der Waals surface area contributed by atoms with E-state index in [0.29, 0.717) is 39.3 Å². The normalized spacial score (nSPS) is 10.9. The van der Waals surface area contributed by atoms with E-state index in [1.165, 1.54) is 6.07 Å². The van der Waals surface area contributed by atoms with Crippen molar-refractivity contribution in [1.82, 2.24) is 0 Å². The van der Waals surface area contributed by atoms with Crippen LogP contribution in [-0.2, 0) is 9.59 Å². The molecule has 0 spiro atoms. The minimum atomic E-state index is -0.570. The lowest BCUT2D eigenvalue weighted by Gasteiger charge is -2.07. The first kappa shape index (κ1) is 24.1. The van der Waals surface area contributed by atoms with Gasteiger partial charge in [0.2, 0.25) is 0 Å². The van der Waals surface area contributed by atoms with Crippen LogP contribution < -0.4 is 9.47 Å². The number of carbonyl (C=O) groups is 2. The summed E-state index contributed by atoms with van der Waals surface area (Å²) in [5, 5.41) is 0. The molecule has 0 aliphatic heterocycles. The SMILES string of the molecule is C=CC(=O)Oc1ccccc1/C=C/c1ccc(/C=C/c2ccccc2OC(=O)C(=C)C)cc1F. The Morgan fingerprint density at radius 1 is 0.794 bits per heavy atom. The minimum Gasteiger partial charge on any atom is -0.423 e. The Bertz CT molecular complexity index is 1300. The highest BCUT2D eigenvalue weighted by Crippen LogP contribution is 2.24. The van der Waals surface area contributed by atoms with E-state index < -0.39 is 17.8 Å². The van der Waals surface area contributed by atoms with Crippen LogP contribution in [0.15, 0.2) is 91.5 Å². The molecule has 3 rings (SSSR count). The zero-order valence-electron chi connectivity index (χ0n) is 18.7. The van der Waals surface area contributed by atoms with Gasteiger partial charge < -0.3 is 9.47 Å². The van der Waals surface area contributed by atoms with Crippen LogP contribution in [0.25, 0.3) is 24.3 Å². The quantitative estimate of drug-likeness (QED) is 0.164. The zero-order valence-corrected chi connectivity index (χ0v) is 18.7. The van der Waals surface area contributed by atoms with E-state index in [-0.39, 0.29) is 0 Å². The van der Waals surface area contributed by atoms with Crippen LogP contribution in [0.3, 0.4) is 0 Å². The first-order valence-electron chi connectivity index (χ1n) is 10.4. The van der Waals surface area contributed by atoms with Gasteiger partial charge >= 0.3 is 11.9 Å². The molecular weight excluding hydrogens is 431 g/mol. The topological polar surface area (TPSA) is 52.6 Å². The number of halogens is 1. The fraction of sp³-hybridized carbons (Fsp3) is 0.0345. The van der Waals surface area contributed by atoms with Gasteiger partial charge in [-0.25, -0.2) is 14.0 Å². The van der Waals surface area contributed by atoms with Gasteiger partial charge in [0.25, 0.3) is 0 Å².